The molecule has 0 saturated heterocycles. The van der Waals surface area contributed by atoms with Crippen LogP contribution in [-0.4, -0.2) is 9.78 Å². The van der Waals surface area contributed by atoms with Gasteiger partial charge in [0, 0.05) is 11.3 Å². The summed E-state index contributed by atoms with van der Waals surface area (Å²) >= 11 is 0. The van der Waals surface area contributed by atoms with E-state index < -0.39 is 0 Å². The van der Waals surface area contributed by atoms with Crippen LogP contribution in [0.4, 0.5) is 5.82 Å². The maximum atomic E-state index is 5.95. The number of fused-ring (bicyclic) bond motifs is 1. The minimum Gasteiger partial charge on any atom is -0.382 e. The maximum Gasteiger partial charge on any atom is 0.148 e. The molecule has 0 aromatic carbocycles. The summed E-state index contributed by atoms with van der Waals surface area (Å²) in [6, 6.07) is 0.666. The van der Waals surface area contributed by atoms with Crippen molar-refractivity contribution in [2.24, 2.45) is 0 Å². The van der Waals surface area contributed by atoms with Gasteiger partial charge in [-0.05, 0) is 44.9 Å². The Kier molecular flexibility index (Phi) is 1.79. The Morgan fingerprint density at radius 3 is 2.64 bits per heavy atom. The lowest BCUT2D eigenvalue weighted by molar-refractivity contribution is 0.281. The number of hydrogen-bond donors (Lipinski definition) is 1. The van der Waals surface area contributed by atoms with Crippen LogP contribution in [0.2, 0.25) is 0 Å². The number of hydrogen-bond acceptors (Lipinski definition) is 2. The summed E-state index contributed by atoms with van der Waals surface area (Å²) in [5, 5.41) is 4.51. The third-order valence-corrected chi connectivity index (χ3v) is 3.66. The zero-order chi connectivity index (χ0) is 9.54. The molecular weight excluding hydrogens is 174 g/mol. The van der Waals surface area contributed by atoms with Crippen molar-refractivity contribution in [2.45, 2.75) is 51.0 Å². The van der Waals surface area contributed by atoms with Gasteiger partial charge in [-0.25, -0.2) is 0 Å². The third kappa shape index (κ3) is 1.08. The Balaban J connectivity index is 2.02. The van der Waals surface area contributed by atoms with Gasteiger partial charge in [-0.2, -0.15) is 5.10 Å². The lowest BCUT2D eigenvalue weighted by Gasteiger charge is -2.28. The summed E-state index contributed by atoms with van der Waals surface area (Å²) in [7, 11) is 0. The van der Waals surface area contributed by atoms with E-state index in [2.05, 4.69) is 9.78 Å². The minimum atomic E-state index is 0.666. The number of anilines is 1. The van der Waals surface area contributed by atoms with Crippen LogP contribution in [0.3, 0.4) is 0 Å². The van der Waals surface area contributed by atoms with Gasteiger partial charge >= 0.3 is 0 Å². The summed E-state index contributed by atoms with van der Waals surface area (Å²) in [6.07, 6.45) is 8.89. The monoisotopic (exact) mass is 191 g/mol. The first-order chi connectivity index (χ1) is 6.86. The standard InChI is InChI=1S/C11H17N3/c12-11-9-6-1-2-7-10(9)14(13-11)8-4-3-5-8/h8H,1-7H2,(H2,12,13). The molecule has 0 unspecified atom stereocenters. The second-order valence-electron chi connectivity index (χ2n) is 4.55. The molecule has 3 heteroatoms. The predicted octanol–water partition coefficient (Wildman–Crippen LogP) is 2.07. The van der Waals surface area contributed by atoms with Crippen molar-refractivity contribution in [1.82, 2.24) is 9.78 Å². The van der Waals surface area contributed by atoms with E-state index in [4.69, 9.17) is 5.73 Å². The average Bonchev–Trinajstić information content (AvgIpc) is 2.43. The molecule has 2 aliphatic carbocycles. The second kappa shape index (κ2) is 3.01. The molecule has 2 aliphatic rings. The van der Waals surface area contributed by atoms with E-state index >= 15 is 0 Å². The predicted molar refractivity (Wildman–Crippen MR) is 56.2 cm³/mol. The number of nitrogens with zero attached hydrogens (tertiary/aromatic N) is 2. The molecule has 1 aromatic rings. The van der Waals surface area contributed by atoms with E-state index in [1.807, 2.05) is 0 Å². The topological polar surface area (TPSA) is 43.8 Å². The maximum absolute atomic E-state index is 5.95. The second-order valence-corrected chi connectivity index (χ2v) is 4.55. The van der Waals surface area contributed by atoms with Crippen molar-refractivity contribution >= 4 is 5.82 Å². The highest BCUT2D eigenvalue weighted by molar-refractivity contribution is 5.44. The Bertz CT molecular complexity index is 350. The van der Waals surface area contributed by atoms with Gasteiger partial charge in [-0.1, -0.05) is 0 Å². The Morgan fingerprint density at radius 1 is 1.14 bits per heavy atom. The fourth-order valence-corrected chi connectivity index (χ4v) is 2.59. The molecular formula is C11H17N3. The molecule has 0 spiro atoms. The highest BCUT2D eigenvalue weighted by atomic mass is 15.3. The van der Waals surface area contributed by atoms with Gasteiger partial charge in [0.25, 0.3) is 0 Å². The van der Waals surface area contributed by atoms with Crippen LogP contribution in [0.1, 0.15) is 49.4 Å². The molecule has 1 aromatic heterocycles. The largest absolute Gasteiger partial charge is 0.382 e. The Hall–Kier alpha value is -0.990. The first-order valence-corrected chi connectivity index (χ1v) is 5.72. The van der Waals surface area contributed by atoms with Crippen LogP contribution < -0.4 is 5.73 Å². The molecule has 3 nitrogen and oxygen atoms in total. The van der Waals surface area contributed by atoms with Crippen molar-refractivity contribution in [2.75, 3.05) is 5.73 Å². The fourth-order valence-electron chi connectivity index (χ4n) is 2.59. The van der Waals surface area contributed by atoms with Crippen LogP contribution in [0, 0.1) is 0 Å². The molecule has 1 fully saturated rings. The molecule has 0 amide bonds. The van der Waals surface area contributed by atoms with E-state index in [0.29, 0.717) is 6.04 Å². The summed E-state index contributed by atoms with van der Waals surface area (Å²) < 4.78 is 2.23. The zero-order valence-electron chi connectivity index (χ0n) is 8.50. The molecule has 76 valence electrons. The number of nitrogen functional groups attached to an aromatic ring is 1. The molecule has 0 radical (unpaired) electrons. The SMILES string of the molecule is Nc1nn(C2CCC2)c2c1CCCC2. The van der Waals surface area contributed by atoms with Gasteiger partial charge in [0.05, 0.1) is 6.04 Å². The van der Waals surface area contributed by atoms with E-state index in [0.717, 1.165) is 12.2 Å². The van der Waals surface area contributed by atoms with Crippen molar-refractivity contribution in [3.05, 3.63) is 11.3 Å². The zero-order valence-corrected chi connectivity index (χ0v) is 8.50. The molecule has 14 heavy (non-hydrogen) atoms. The molecule has 0 atom stereocenters. The first kappa shape index (κ1) is 8.33. The number of aromatic nitrogens is 2. The number of nitrogens with two attached hydrogens (primary N) is 1. The number of rotatable bonds is 1. The van der Waals surface area contributed by atoms with Crippen molar-refractivity contribution in [3.63, 3.8) is 0 Å². The van der Waals surface area contributed by atoms with Gasteiger partial charge in [0.1, 0.15) is 5.82 Å². The highest BCUT2D eigenvalue weighted by Gasteiger charge is 2.27. The normalized spacial score (nSPS) is 21.7. The van der Waals surface area contributed by atoms with Gasteiger partial charge in [0.15, 0.2) is 0 Å². The van der Waals surface area contributed by atoms with Crippen molar-refractivity contribution < 1.29 is 0 Å². The van der Waals surface area contributed by atoms with E-state index in [-0.39, 0.29) is 0 Å². The fraction of sp³-hybridized carbons (Fsp3) is 0.727. The van der Waals surface area contributed by atoms with E-state index in [9.17, 15) is 0 Å². The summed E-state index contributed by atoms with van der Waals surface area (Å²) in [5.74, 6) is 0.798. The smallest absolute Gasteiger partial charge is 0.148 e. The van der Waals surface area contributed by atoms with E-state index in [1.165, 1.54) is 49.8 Å². The van der Waals surface area contributed by atoms with Gasteiger partial charge in [-0.3, -0.25) is 4.68 Å². The Labute approximate surface area is 84.3 Å². The van der Waals surface area contributed by atoms with E-state index in [1.54, 1.807) is 0 Å². The minimum absolute atomic E-state index is 0.666. The molecule has 2 N–H and O–H groups in total. The van der Waals surface area contributed by atoms with Crippen LogP contribution in [-0.2, 0) is 12.8 Å². The Morgan fingerprint density at radius 2 is 1.93 bits per heavy atom. The highest BCUT2D eigenvalue weighted by Crippen LogP contribution is 2.36. The third-order valence-electron chi connectivity index (χ3n) is 3.66. The van der Waals surface area contributed by atoms with Crippen molar-refractivity contribution in [3.8, 4) is 0 Å². The molecule has 0 aliphatic heterocycles. The quantitative estimate of drug-likeness (QED) is 0.738. The lowest BCUT2D eigenvalue weighted by atomic mass is 9.91. The summed E-state index contributed by atoms with van der Waals surface area (Å²) in [5.41, 5.74) is 8.74. The van der Waals surface area contributed by atoms with Crippen LogP contribution in [0.5, 0.6) is 0 Å². The van der Waals surface area contributed by atoms with Crippen LogP contribution in [0.15, 0.2) is 0 Å². The molecule has 1 heterocycles. The van der Waals surface area contributed by atoms with Gasteiger partial charge in [-0.15, -0.1) is 0 Å². The summed E-state index contributed by atoms with van der Waals surface area (Å²) in [6.45, 7) is 0. The van der Waals surface area contributed by atoms with Crippen LogP contribution >= 0.6 is 0 Å². The summed E-state index contributed by atoms with van der Waals surface area (Å²) in [4.78, 5) is 0. The molecule has 1 saturated carbocycles. The molecule has 0 bridgehead atoms. The lowest BCUT2D eigenvalue weighted by Crippen LogP contribution is -2.21. The van der Waals surface area contributed by atoms with Gasteiger partial charge in [0.2, 0.25) is 0 Å². The van der Waals surface area contributed by atoms with Gasteiger partial charge < -0.3 is 5.73 Å². The van der Waals surface area contributed by atoms with Crippen molar-refractivity contribution in [1.29, 1.82) is 0 Å². The van der Waals surface area contributed by atoms with Crippen LogP contribution in [0.25, 0.3) is 0 Å². The molecule has 3 rings (SSSR count). The average molecular weight is 191 g/mol. The first-order valence-electron chi connectivity index (χ1n) is 5.72.